The van der Waals surface area contributed by atoms with Crippen molar-refractivity contribution in [1.82, 2.24) is 5.32 Å². The second-order valence-corrected chi connectivity index (χ2v) is 9.70. The molecule has 0 aliphatic heterocycles. The van der Waals surface area contributed by atoms with E-state index in [1.54, 1.807) is 12.1 Å². The number of alkyl halides is 11. The largest absolute Gasteiger partial charge is 0.384 e. The summed E-state index contributed by atoms with van der Waals surface area (Å²) in [4.78, 5) is 11.9. The summed E-state index contributed by atoms with van der Waals surface area (Å²) in [6.45, 7) is -0.0196. The summed E-state index contributed by atoms with van der Waals surface area (Å²) in [5, 5.41) is 2.47. The van der Waals surface area contributed by atoms with Gasteiger partial charge in [-0.1, -0.05) is 15.9 Å². The fourth-order valence-electron chi connectivity index (χ4n) is 3.04. The molecule has 0 heterocycles. The molecule has 0 saturated heterocycles. The molecule has 0 spiro atoms. The van der Waals surface area contributed by atoms with Crippen LogP contribution in [-0.4, -0.2) is 47.7 Å². The first-order valence-electron chi connectivity index (χ1n) is 9.27. The minimum atomic E-state index is -7.23. The van der Waals surface area contributed by atoms with E-state index in [4.69, 9.17) is 0 Å². The minimum Gasteiger partial charge on any atom is -0.352 e. The summed E-state index contributed by atoms with van der Waals surface area (Å²) in [5.74, 6) is -35.7. The zero-order valence-electron chi connectivity index (χ0n) is 16.5. The van der Waals surface area contributed by atoms with E-state index in [-0.39, 0.29) is 24.9 Å². The van der Waals surface area contributed by atoms with Crippen molar-refractivity contribution in [1.29, 1.82) is 0 Å². The van der Waals surface area contributed by atoms with Gasteiger partial charge in [-0.2, -0.15) is 43.9 Å². The summed E-state index contributed by atoms with van der Waals surface area (Å²) in [5.41, 5.74) is -5.82. The van der Waals surface area contributed by atoms with Crippen molar-refractivity contribution in [3.05, 3.63) is 44.0 Å². The maximum absolute atomic E-state index is 14.7. The van der Waals surface area contributed by atoms with Crippen molar-refractivity contribution in [2.24, 2.45) is 0 Å². The number of unbranched alkanes of at least 4 members (excludes halogenated alkanes) is 1. The fourth-order valence-corrected chi connectivity index (χ4v) is 4.11. The number of hydrogen-bond donors (Lipinski definition) is 1. The second kappa shape index (κ2) is 9.39. The number of rotatable bonds is 7. The Morgan fingerprint density at radius 3 is 1.71 bits per heavy atom. The standard InChI is InChI=1S/C19H14BrF11INO/c20-11-6-4-10(5-7-11)13(34)33-8-2-1-3-12(32)9-14(21)15(22,23)17(26,27)19(30,31)18(28,29)16(14,24)25/h4-7,9H,1-3,8H2,(H,33,34). The van der Waals surface area contributed by atoms with Gasteiger partial charge in [0.25, 0.3) is 11.6 Å². The van der Waals surface area contributed by atoms with E-state index in [1.807, 2.05) is 0 Å². The quantitative estimate of drug-likeness (QED) is 0.179. The highest BCUT2D eigenvalue weighted by atomic mass is 127. The smallest absolute Gasteiger partial charge is 0.352 e. The molecule has 0 aromatic heterocycles. The molecule has 1 aliphatic carbocycles. The highest BCUT2D eigenvalue weighted by Gasteiger charge is 3.00. The van der Waals surface area contributed by atoms with E-state index in [0.717, 1.165) is 22.6 Å². The van der Waals surface area contributed by atoms with E-state index in [1.165, 1.54) is 12.1 Å². The predicted molar refractivity (Wildman–Crippen MR) is 111 cm³/mol. The first-order chi connectivity index (χ1) is 15.3. The molecule has 1 N–H and O–H groups in total. The number of allylic oxidation sites excluding steroid dienone is 2. The van der Waals surface area contributed by atoms with Crippen molar-refractivity contribution in [3.8, 4) is 0 Å². The number of carbonyl (C=O) groups is 1. The summed E-state index contributed by atoms with van der Waals surface area (Å²) in [6.07, 6.45) is -1.42. The maximum Gasteiger partial charge on any atom is 0.384 e. The van der Waals surface area contributed by atoms with Crippen molar-refractivity contribution in [2.45, 2.75) is 54.5 Å². The molecule has 192 valence electrons. The number of amides is 1. The van der Waals surface area contributed by atoms with E-state index in [0.29, 0.717) is 4.47 Å². The molecule has 1 amide bonds. The van der Waals surface area contributed by atoms with Crippen LogP contribution < -0.4 is 5.32 Å². The van der Waals surface area contributed by atoms with Crippen LogP contribution in [0.5, 0.6) is 0 Å². The van der Waals surface area contributed by atoms with Gasteiger partial charge in [-0.3, -0.25) is 4.79 Å². The van der Waals surface area contributed by atoms with Crippen LogP contribution in [0, 0.1) is 0 Å². The van der Waals surface area contributed by atoms with E-state index in [2.05, 4.69) is 21.2 Å². The molecule has 1 saturated carbocycles. The van der Waals surface area contributed by atoms with Crippen molar-refractivity contribution >= 4 is 44.4 Å². The normalized spacial score (nSPS) is 23.9. The third kappa shape index (κ3) is 4.32. The molecule has 1 aromatic carbocycles. The lowest BCUT2D eigenvalue weighted by Crippen LogP contribution is -2.83. The monoisotopic (exact) mass is 687 g/mol. The number of benzene rings is 1. The molecule has 15 heteroatoms. The van der Waals surface area contributed by atoms with Gasteiger partial charge in [-0.15, -0.1) is 0 Å². The van der Waals surface area contributed by atoms with Crippen LogP contribution in [-0.2, 0) is 0 Å². The van der Waals surface area contributed by atoms with Gasteiger partial charge in [0.15, 0.2) is 0 Å². The molecule has 2 rings (SSSR count). The zero-order chi connectivity index (χ0) is 26.4. The van der Waals surface area contributed by atoms with Crippen LogP contribution >= 0.6 is 38.5 Å². The molecule has 0 bridgehead atoms. The Bertz CT molecular complexity index is 920. The van der Waals surface area contributed by atoms with E-state index >= 15 is 0 Å². The Hall–Kier alpha value is -1.13. The van der Waals surface area contributed by atoms with Crippen molar-refractivity contribution < 1.29 is 53.1 Å². The van der Waals surface area contributed by atoms with Crippen LogP contribution in [0.2, 0.25) is 0 Å². The van der Waals surface area contributed by atoms with Gasteiger partial charge in [-0.05, 0) is 75.8 Å². The Morgan fingerprint density at radius 1 is 0.794 bits per heavy atom. The molecule has 0 atom stereocenters. The molecule has 2 nitrogen and oxygen atoms in total. The zero-order valence-corrected chi connectivity index (χ0v) is 20.3. The summed E-state index contributed by atoms with van der Waals surface area (Å²) in [6, 6.07) is 6.17. The number of nitrogens with one attached hydrogen (secondary N) is 1. The predicted octanol–water partition coefficient (Wildman–Crippen LogP) is 7.57. The van der Waals surface area contributed by atoms with Gasteiger partial charge in [0, 0.05) is 16.6 Å². The minimum absolute atomic E-state index is 0.0196. The van der Waals surface area contributed by atoms with E-state index < -0.39 is 57.3 Å². The molecular formula is C19H14BrF11INO. The Morgan fingerprint density at radius 2 is 1.24 bits per heavy atom. The van der Waals surface area contributed by atoms with Gasteiger partial charge < -0.3 is 5.32 Å². The Labute approximate surface area is 207 Å². The van der Waals surface area contributed by atoms with Crippen molar-refractivity contribution in [2.75, 3.05) is 6.54 Å². The number of hydrogen-bond acceptors (Lipinski definition) is 1. The highest BCUT2D eigenvalue weighted by Crippen LogP contribution is 2.70. The molecule has 34 heavy (non-hydrogen) atoms. The van der Waals surface area contributed by atoms with Crippen LogP contribution in [0.15, 0.2) is 38.4 Å². The summed E-state index contributed by atoms with van der Waals surface area (Å²) < 4.78 is 151. The molecular weight excluding hydrogens is 674 g/mol. The molecule has 0 radical (unpaired) electrons. The lowest BCUT2D eigenvalue weighted by molar-refractivity contribution is -0.476. The van der Waals surface area contributed by atoms with Crippen LogP contribution in [0.3, 0.4) is 0 Å². The molecule has 1 fully saturated rings. The first-order valence-corrected chi connectivity index (χ1v) is 11.1. The molecule has 1 aliphatic rings. The third-order valence-corrected chi connectivity index (χ3v) is 6.46. The second-order valence-electron chi connectivity index (χ2n) is 7.39. The average Bonchev–Trinajstić information content (AvgIpc) is 2.72. The SMILES string of the molecule is O=C(NCCCCC(I)=CC1(F)C(F)(F)C(F)(F)C(F)(F)C(F)(F)C1(F)F)c1ccc(Br)cc1. The maximum atomic E-state index is 14.7. The average molecular weight is 688 g/mol. The first kappa shape index (κ1) is 29.1. The number of carbonyl (C=O) groups excluding carboxylic acids is 1. The van der Waals surface area contributed by atoms with Gasteiger partial charge >= 0.3 is 29.6 Å². The van der Waals surface area contributed by atoms with Gasteiger partial charge in [-0.25, -0.2) is 4.39 Å². The highest BCUT2D eigenvalue weighted by molar-refractivity contribution is 14.1. The topological polar surface area (TPSA) is 29.1 Å². The Kier molecular flexibility index (Phi) is 8.04. The van der Waals surface area contributed by atoms with Gasteiger partial charge in [0.1, 0.15) is 0 Å². The van der Waals surface area contributed by atoms with Crippen LogP contribution in [0.25, 0.3) is 0 Å². The van der Waals surface area contributed by atoms with Crippen molar-refractivity contribution in [3.63, 3.8) is 0 Å². The third-order valence-electron chi connectivity index (χ3n) is 5.08. The fraction of sp³-hybridized carbons (Fsp3) is 0.526. The summed E-state index contributed by atoms with van der Waals surface area (Å²) >= 11 is 4.16. The van der Waals surface area contributed by atoms with E-state index in [9.17, 15) is 53.1 Å². The van der Waals surface area contributed by atoms with Gasteiger partial charge in [0.05, 0.1) is 0 Å². The van der Waals surface area contributed by atoms with Gasteiger partial charge in [0.2, 0.25) is 0 Å². The molecule has 1 aromatic rings. The van der Waals surface area contributed by atoms with Crippen LogP contribution in [0.4, 0.5) is 48.3 Å². The summed E-state index contributed by atoms with van der Waals surface area (Å²) in [7, 11) is 0. The lowest BCUT2D eigenvalue weighted by atomic mass is 9.72. The van der Waals surface area contributed by atoms with Crippen LogP contribution in [0.1, 0.15) is 29.6 Å². The number of halogens is 13. The molecule has 0 unspecified atom stereocenters. The Balaban J connectivity index is 2.12. The lowest BCUT2D eigenvalue weighted by Gasteiger charge is -2.51.